The first kappa shape index (κ1) is 19.9. The molecule has 0 amide bonds. The second kappa shape index (κ2) is 9.90. The van der Waals surface area contributed by atoms with Gasteiger partial charge >= 0.3 is 0 Å². The molecule has 0 bridgehead atoms. The van der Waals surface area contributed by atoms with Crippen LogP contribution in [0.2, 0.25) is 0 Å². The highest BCUT2D eigenvalue weighted by molar-refractivity contribution is 6.07. The van der Waals surface area contributed by atoms with Crippen LogP contribution in [0.25, 0.3) is 6.08 Å². The second-order valence-corrected chi connectivity index (χ2v) is 6.94. The van der Waals surface area contributed by atoms with E-state index in [0.29, 0.717) is 0 Å². The van der Waals surface area contributed by atoms with Gasteiger partial charge in [0.15, 0.2) is 5.78 Å². The molecule has 0 saturated carbocycles. The summed E-state index contributed by atoms with van der Waals surface area (Å²) in [5.41, 5.74) is 3.92. The van der Waals surface area contributed by atoms with Gasteiger partial charge in [0.2, 0.25) is 0 Å². The number of allylic oxidation sites excluding steroid dienone is 1. The van der Waals surface area contributed by atoms with E-state index < -0.39 is 0 Å². The first-order valence-electron chi connectivity index (χ1n) is 8.89. The Morgan fingerprint density at radius 2 is 1.65 bits per heavy atom. The summed E-state index contributed by atoms with van der Waals surface area (Å²) in [7, 11) is 8.13. The Bertz CT molecular complexity index is 733. The summed E-state index contributed by atoms with van der Waals surface area (Å²) >= 11 is 0. The lowest BCUT2D eigenvalue weighted by Crippen LogP contribution is -2.20. The quantitative estimate of drug-likeness (QED) is 0.553. The lowest BCUT2D eigenvalue weighted by Gasteiger charge is -2.12. The molecule has 0 saturated heterocycles. The molecule has 0 radical (unpaired) electrons. The number of carbonyl (C=O) groups excluding carboxylic acids is 1. The van der Waals surface area contributed by atoms with Gasteiger partial charge in [-0.1, -0.05) is 42.5 Å². The van der Waals surface area contributed by atoms with Crippen LogP contribution in [0.5, 0.6) is 0 Å². The summed E-state index contributed by atoms with van der Waals surface area (Å²) in [6, 6.07) is 15.9. The lowest BCUT2D eigenvalue weighted by atomic mass is 10.0. The molecule has 0 spiro atoms. The number of carbonyl (C=O) groups is 1. The molecule has 4 heteroatoms. The smallest absolute Gasteiger partial charge is 0.186 e. The van der Waals surface area contributed by atoms with Crippen molar-refractivity contribution in [2.45, 2.75) is 6.54 Å². The van der Waals surface area contributed by atoms with E-state index in [9.17, 15) is 4.79 Å². The Balaban J connectivity index is 2.00. The number of rotatable bonds is 9. The lowest BCUT2D eigenvalue weighted by molar-refractivity contribution is 0.104. The number of anilines is 1. The topological polar surface area (TPSA) is 35.6 Å². The van der Waals surface area contributed by atoms with E-state index >= 15 is 0 Å². The van der Waals surface area contributed by atoms with E-state index in [0.717, 1.165) is 42.0 Å². The Morgan fingerprint density at radius 3 is 2.31 bits per heavy atom. The van der Waals surface area contributed by atoms with E-state index in [1.54, 1.807) is 6.08 Å². The molecule has 4 nitrogen and oxygen atoms in total. The summed E-state index contributed by atoms with van der Waals surface area (Å²) < 4.78 is 0. The van der Waals surface area contributed by atoms with Gasteiger partial charge in [0, 0.05) is 30.9 Å². The number of likely N-dealkylation sites (N-methyl/N-ethyl adjacent to an activating group) is 1. The van der Waals surface area contributed by atoms with E-state index in [2.05, 4.69) is 29.2 Å². The fourth-order valence-electron chi connectivity index (χ4n) is 2.64. The molecular formula is C22H29N3O. The van der Waals surface area contributed by atoms with Gasteiger partial charge in [-0.15, -0.1) is 0 Å². The van der Waals surface area contributed by atoms with Crippen molar-refractivity contribution in [2.24, 2.45) is 0 Å². The average Bonchev–Trinajstić information content (AvgIpc) is 2.60. The van der Waals surface area contributed by atoms with Gasteiger partial charge in [-0.2, -0.15) is 0 Å². The normalized spacial score (nSPS) is 11.5. The summed E-state index contributed by atoms with van der Waals surface area (Å²) in [6.45, 7) is 2.65. The SMILES string of the molecule is CN(C)CCNc1ccc(/C=C/C(=O)c2ccccc2CN(C)C)cc1. The van der Waals surface area contributed by atoms with Crippen LogP contribution in [0.1, 0.15) is 21.5 Å². The van der Waals surface area contributed by atoms with Crippen molar-refractivity contribution in [3.8, 4) is 0 Å². The van der Waals surface area contributed by atoms with E-state index in [1.165, 1.54) is 0 Å². The third-order valence-electron chi connectivity index (χ3n) is 4.00. The largest absolute Gasteiger partial charge is 0.384 e. The van der Waals surface area contributed by atoms with Crippen LogP contribution in [0.15, 0.2) is 54.6 Å². The molecule has 0 aliphatic rings. The molecule has 0 aliphatic heterocycles. The zero-order valence-corrected chi connectivity index (χ0v) is 16.2. The van der Waals surface area contributed by atoms with E-state index in [1.807, 2.05) is 68.7 Å². The van der Waals surface area contributed by atoms with Crippen molar-refractivity contribution in [1.29, 1.82) is 0 Å². The summed E-state index contributed by atoms with van der Waals surface area (Å²) in [5.74, 6) is 0.0376. The Kier molecular flexibility index (Phi) is 7.57. The van der Waals surface area contributed by atoms with Gasteiger partial charge in [-0.3, -0.25) is 4.79 Å². The maximum Gasteiger partial charge on any atom is 0.186 e. The van der Waals surface area contributed by atoms with E-state index in [4.69, 9.17) is 0 Å². The van der Waals surface area contributed by atoms with Crippen LogP contribution < -0.4 is 5.32 Å². The number of nitrogens with zero attached hydrogens (tertiary/aromatic N) is 2. The third kappa shape index (κ3) is 6.47. The van der Waals surface area contributed by atoms with Crippen LogP contribution in [0, 0.1) is 0 Å². The maximum absolute atomic E-state index is 12.6. The highest BCUT2D eigenvalue weighted by Gasteiger charge is 2.08. The molecular weight excluding hydrogens is 322 g/mol. The molecule has 0 heterocycles. The van der Waals surface area contributed by atoms with Crippen molar-refractivity contribution in [1.82, 2.24) is 9.80 Å². The Morgan fingerprint density at radius 1 is 0.962 bits per heavy atom. The predicted octanol–water partition coefficient (Wildman–Crippen LogP) is 3.62. The minimum absolute atomic E-state index is 0.0376. The van der Waals surface area contributed by atoms with Gasteiger partial charge in [-0.25, -0.2) is 0 Å². The first-order chi connectivity index (χ1) is 12.5. The zero-order valence-electron chi connectivity index (χ0n) is 16.2. The molecule has 0 aromatic heterocycles. The minimum Gasteiger partial charge on any atom is -0.384 e. The van der Waals surface area contributed by atoms with Crippen LogP contribution >= 0.6 is 0 Å². The maximum atomic E-state index is 12.6. The number of nitrogens with one attached hydrogen (secondary N) is 1. The van der Waals surface area contributed by atoms with Crippen LogP contribution in [0.3, 0.4) is 0 Å². The highest BCUT2D eigenvalue weighted by atomic mass is 16.1. The molecule has 0 unspecified atom stereocenters. The molecule has 1 N–H and O–H groups in total. The molecule has 2 rings (SSSR count). The zero-order chi connectivity index (χ0) is 18.9. The van der Waals surface area contributed by atoms with Crippen molar-refractivity contribution in [3.63, 3.8) is 0 Å². The molecule has 0 fully saturated rings. The van der Waals surface area contributed by atoms with Gasteiger partial charge in [0.1, 0.15) is 0 Å². The highest BCUT2D eigenvalue weighted by Crippen LogP contribution is 2.14. The monoisotopic (exact) mass is 351 g/mol. The Hall–Kier alpha value is -2.43. The summed E-state index contributed by atoms with van der Waals surface area (Å²) in [6.07, 6.45) is 3.53. The molecule has 0 atom stereocenters. The molecule has 138 valence electrons. The first-order valence-corrected chi connectivity index (χ1v) is 8.89. The van der Waals surface area contributed by atoms with E-state index in [-0.39, 0.29) is 5.78 Å². The van der Waals surface area contributed by atoms with Crippen molar-refractivity contribution < 1.29 is 4.79 Å². The number of hydrogen-bond acceptors (Lipinski definition) is 4. The van der Waals surface area contributed by atoms with Gasteiger partial charge < -0.3 is 15.1 Å². The fraction of sp³-hybridized carbons (Fsp3) is 0.318. The average molecular weight is 351 g/mol. The van der Waals surface area contributed by atoms with Crippen LogP contribution in [-0.4, -0.2) is 56.9 Å². The van der Waals surface area contributed by atoms with Gasteiger partial charge in [0.25, 0.3) is 0 Å². The fourth-order valence-corrected chi connectivity index (χ4v) is 2.64. The van der Waals surface area contributed by atoms with Crippen molar-refractivity contribution in [2.75, 3.05) is 46.6 Å². The molecule has 0 aliphatic carbocycles. The van der Waals surface area contributed by atoms with Gasteiger partial charge in [0.05, 0.1) is 0 Å². The Labute approximate surface area is 157 Å². The third-order valence-corrected chi connectivity index (χ3v) is 4.00. The summed E-state index contributed by atoms with van der Waals surface area (Å²) in [4.78, 5) is 16.8. The summed E-state index contributed by atoms with van der Waals surface area (Å²) in [5, 5.41) is 3.38. The second-order valence-electron chi connectivity index (χ2n) is 6.94. The number of ketones is 1. The van der Waals surface area contributed by atoms with Crippen molar-refractivity contribution >= 4 is 17.5 Å². The molecule has 2 aromatic carbocycles. The van der Waals surface area contributed by atoms with Gasteiger partial charge in [-0.05, 0) is 57.5 Å². The van der Waals surface area contributed by atoms with Crippen LogP contribution in [0.4, 0.5) is 5.69 Å². The predicted molar refractivity (Wildman–Crippen MR) is 111 cm³/mol. The van der Waals surface area contributed by atoms with Crippen LogP contribution in [-0.2, 0) is 6.54 Å². The number of hydrogen-bond donors (Lipinski definition) is 1. The minimum atomic E-state index is 0.0376. The standard InChI is InChI=1S/C22H29N3O/c1-24(2)16-15-23-20-12-9-18(10-13-20)11-14-22(26)21-8-6-5-7-19(21)17-25(3)4/h5-14,23H,15-17H2,1-4H3/b14-11+. The number of benzene rings is 2. The molecule has 26 heavy (non-hydrogen) atoms. The molecule has 2 aromatic rings. The van der Waals surface area contributed by atoms with Crippen molar-refractivity contribution in [3.05, 3.63) is 71.3 Å².